The van der Waals surface area contributed by atoms with E-state index < -0.39 is 8.32 Å². The van der Waals surface area contributed by atoms with E-state index in [4.69, 9.17) is 4.43 Å². The van der Waals surface area contributed by atoms with Gasteiger partial charge in [0.05, 0.1) is 6.10 Å². The smallest absolute Gasteiger partial charge is 0.192 e. The molecule has 0 aromatic rings. The number of allylic oxidation sites excluding steroid dienone is 1. The summed E-state index contributed by atoms with van der Waals surface area (Å²) in [5, 5.41) is 0.305. The Kier molecular flexibility index (Phi) is 4.52. The molecular weight excluding hydrogens is 383 g/mol. The Labute approximate surface area is 116 Å². The van der Waals surface area contributed by atoms with Gasteiger partial charge in [-0.3, -0.25) is 0 Å². The summed E-state index contributed by atoms with van der Waals surface area (Å²) < 4.78 is 9.10. The van der Waals surface area contributed by atoms with Gasteiger partial charge in [-0.05, 0) is 53.6 Å². The molecule has 0 aliphatic heterocycles. The van der Waals surface area contributed by atoms with Gasteiger partial charge in [0, 0.05) is 8.06 Å². The second kappa shape index (κ2) is 4.78. The molecule has 0 bridgehead atoms. The van der Waals surface area contributed by atoms with Gasteiger partial charge >= 0.3 is 0 Å². The third-order valence-electron chi connectivity index (χ3n) is 3.41. The summed E-state index contributed by atoms with van der Waals surface area (Å²) >= 11 is 6.03. The van der Waals surface area contributed by atoms with Gasteiger partial charge in [0.15, 0.2) is 8.32 Å². The highest BCUT2D eigenvalue weighted by atomic mass is 127. The first-order valence-electron chi connectivity index (χ1n) is 5.37. The van der Waals surface area contributed by atoms with E-state index in [9.17, 15) is 0 Å². The summed E-state index contributed by atoms with van der Waals surface area (Å²) in [5.74, 6) is 0. The van der Waals surface area contributed by atoms with E-state index in [-0.39, 0.29) is 0 Å². The van der Waals surface area contributed by atoms with Crippen LogP contribution in [0.4, 0.5) is 0 Å². The molecule has 0 fully saturated rings. The quantitative estimate of drug-likeness (QED) is 0.454. The van der Waals surface area contributed by atoms with Crippen molar-refractivity contribution in [1.82, 2.24) is 0 Å². The standard InChI is InChI=1S/C11H20BrIOSi/c1-11(2,3)15(4,5)14-9-7-6-8(12)10(9)13/h9H,6-7H2,1-5H3. The Hall–Kier alpha value is 1.13. The summed E-state index contributed by atoms with van der Waals surface area (Å²) in [7, 11) is -1.60. The lowest BCUT2D eigenvalue weighted by atomic mass is 10.2. The van der Waals surface area contributed by atoms with Gasteiger partial charge in [-0.25, -0.2) is 0 Å². The van der Waals surface area contributed by atoms with Crippen LogP contribution in [-0.2, 0) is 4.43 Å². The third kappa shape index (κ3) is 3.29. The number of halogens is 2. The molecule has 0 spiro atoms. The van der Waals surface area contributed by atoms with Crippen molar-refractivity contribution in [2.45, 2.75) is 57.8 Å². The van der Waals surface area contributed by atoms with E-state index in [2.05, 4.69) is 72.4 Å². The second-order valence-electron chi connectivity index (χ2n) is 5.66. The first kappa shape index (κ1) is 14.2. The van der Waals surface area contributed by atoms with Gasteiger partial charge in [-0.2, -0.15) is 0 Å². The summed E-state index contributed by atoms with van der Waals surface area (Å²) in [6.07, 6.45) is 2.63. The molecule has 88 valence electrons. The minimum atomic E-state index is -1.60. The van der Waals surface area contributed by atoms with Gasteiger partial charge in [-0.1, -0.05) is 36.7 Å². The van der Waals surface area contributed by atoms with Crippen molar-refractivity contribution < 1.29 is 4.43 Å². The molecule has 1 nitrogen and oxygen atoms in total. The van der Waals surface area contributed by atoms with E-state index in [1.165, 1.54) is 8.06 Å². The normalized spacial score (nSPS) is 23.8. The van der Waals surface area contributed by atoms with Gasteiger partial charge in [0.25, 0.3) is 0 Å². The zero-order valence-electron chi connectivity index (χ0n) is 10.2. The molecule has 4 heteroatoms. The fourth-order valence-electron chi connectivity index (χ4n) is 1.32. The zero-order chi connectivity index (χ0) is 11.9. The fourth-order valence-corrected chi connectivity index (χ4v) is 4.05. The van der Waals surface area contributed by atoms with E-state index in [0.29, 0.717) is 11.1 Å². The highest BCUT2D eigenvalue weighted by Gasteiger charge is 2.40. The molecule has 0 aromatic heterocycles. The molecule has 15 heavy (non-hydrogen) atoms. The van der Waals surface area contributed by atoms with Crippen LogP contribution in [0.3, 0.4) is 0 Å². The van der Waals surface area contributed by atoms with Gasteiger partial charge < -0.3 is 4.43 Å². The van der Waals surface area contributed by atoms with Crippen LogP contribution in [0.1, 0.15) is 33.6 Å². The Morgan fingerprint density at radius 3 is 2.27 bits per heavy atom. The highest BCUT2D eigenvalue weighted by Crippen LogP contribution is 2.43. The van der Waals surface area contributed by atoms with Crippen LogP contribution in [0.15, 0.2) is 8.06 Å². The minimum absolute atomic E-state index is 0.305. The monoisotopic (exact) mass is 402 g/mol. The van der Waals surface area contributed by atoms with E-state index in [1.54, 1.807) is 0 Å². The summed E-state index contributed by atoms with van der Waals surface area (Å²) in [4.78, 5) is 0. The third-order valence-corrected chi connectivity index (χ3v) is 10.8. The van der Waals surface area contributed by atoms with Crippen molar-refractivity contribution in [2.75, 3.05) is 0 Å². The van der Waals surface area contributed by atoms with Crippen molar-refractivity contribution in [3.05, 3.63) is 8.06 Å². The summed E-state index contributed by atoms with van der Waals surface area (Å²) in [6, 6.07) is 0. The molecule has 0 radical (unpaired) electrons. The molecule has 0 amide bonds. The minimum Gasteiger partial charge on any atom is -0.409 e. The summed E-state index contributed by atoms with van der Waals surface area (Å²) in [5.41, 5.74) is 0. The lowest BCUT2D eigenvalue weighted by Crippen LogP contribution is -2.43. The van der Waals surface area contributed by atoms with E-state index in [0.717, 1.165) is 12.8 Å². The largest absolute Gasteiger partial charge is 0.409 e. The molecule has 1 atom stereocenters. The first-order valence-corrected chi connectivity index (χ1v) is 10.1. The first-order chi connectivity index (χ1) is 6.65. The Morgan fingerprint density at radius 2 is 1.93 bits per heavy atom. The maximum atomic E-state index is 6.39. The van der Waals surface area contributed by atoms with Gasteiger partial charge in [0.1, 0.15) is 0 Å². The number of rotatable bonds is 2. The fraction of sp³-hybridized carbons (Fsp3) is 0.818. The molecule has 1 unspecified atom stereocenters. The van der Waals surface area contributed by atoms with Crippen molar-refractivity contribution in [2.24, 2.45) is 0 Å². The van der Waals surface area contributed by atoms with Crippen LogP contribution in [0.5, 0.6) is 0 Å². The van der Waals surface area contributed by atoms with Crippen LogP contribution >= 0.6 is 38.5 Å². The molecule has 0 heterocycles. The Morgan fingerprint density at radius 1 is 1.40 bits per heavy atom. The van der Waals surface area contributed by atoms with Crippen molar-refractivity contribution >= 4 is 46.8 Å². The molecule has 0 saturated carbocycles. The molecule has 0 saturated heterocycles. The molecular formula is C11H20BrIOSi. The average Bonchev–Trinajstić information content (AvgIpc) is 2.33. The Bertz CT molecular complexity index is 281. The van der Waals surface area contributed by atoms with E-state index >= 15 is 0 Å². The van der Waals surface area contributed by atoms with E-state index in [1.807, 2.05) is 0 Å². The lowest BCUT2D eigenvalue weighted by Gasteiger charge is -2.38. The zero-order valence-corrected chi connectivity index (χ0v) is 14.9. The van der Waals surface area contributed by atoms with Crippen molar-refractivity contribution in [3.63, 3.8) is 0 Å². The molecule has 1 aliphatic carbocycles. The van der Waals surface area contributed by atoms with Crippen LogP contribution in [0, 0.1) is 0 Å². The van der Waals surface area contributed by atoms with Crippen LogP contribution in [-0.4, -0.2) is 14.4 Å². The topological polar surface area (TPSA) is 9.23 Å². The molecule has 1 rings (SSSR count). The van der Waals surface area contributed by atoms with Crippen molar-refractivity contribution in [1.29, 1.82) is 0 Å². The highest BCUT2D eigenvalue weighted by molar-refractivity contribution is 14.1. The number of hydrogen-bond acceptors (Lipinski definition) is 1. The van der Waals surface area contributed by atoms with Crippen LogP contribution in [0.2, 0.25) is 18.1 Å². The predicted molar refractivity (Wildman–Crippen MR) is 81.3 cm³/mol. The average molecular weight is 403 g/mol. The van der Waals surface area contributed by atoms with Crippen LogP contribution in [0.25, 0.3) is 0 Å². The van der Waals surface area contributed by atoms with Crippen molar-refractivity contribution in [3.8, 4) is 0 Å². The predicted octanol–water partition coefficient (Wildman–Crippen LogP) is 5.21. The molecule has 1 aliphatic rings. The maximum Gasteiger partial charge on any atom is 0.192 e. The van der Waals surface area contributed by atoms with Gasteiger partial charge in [-0.15, -0.1) is 0 Å². The second-order valence-corrected chi connectivity index (χ2v) is 12.5. The number of hydrogen-bond donors (Lipinski definition) is 0. The van der Waals surface area contributed by atoms with Gasteiger partial charge in [0.2, 0.25) is 0 Å². The SMILES string of the molecule is CC(C)(C)[Si](C)(C)OC1CCC(Br)=C1I. The molecule has 0 N–H and O–H groups in total. The Balaban J connectivity index is 2.72. The van der Waals surface area contributed by atoms with Crippen LogP contribution < -0.4 is 0 Å². The lowest BCUT2D eigenvalue weighted by molar-refractivity contribution is 0.223. The molecule has 0 aromatic carbocycles. The summed E-state index contributed by atoms with van der Waals surface area (Å²) in [6.45, 7) is 11.5. The maximum absolute atomic E-state index is 6.39.